The summed E-state index contributed by atoms with van der Waals surface area (Å²) in [6.07, 6.45) is -3.11. The number of nitrogens with one attached hydrogen (secondary N) is 1. The molecule has 1 saturated carbocycles. The van der Waals surface area contributed by atoms with Gasteiger partial charge in [0.15, 0.2) is 23.4 Å². The zero-order valence-electron chi connectivity index (χ0n) is 19.5. The molecule has 1 aromatic carbocycles. The van der Waals surface area contributed by atoms with Gasteiger partial charge in [0.05, 0.1) is 12.2 Å². The third-order valence-corrected chi connectivity index (χ3v) is 6.00. The molecule has 3 aromatic heterocycles. The lowest BCUT2D eigenvalue weighted by atomic mass is 10.2. The first-order valence-electron chi connectivity index (χ1n) is 11.5. The second-order valence-electron chi connectivity index (χ2n) is 8.66. The van der Waals surface area contributed by atoms with Gasteiger partial charge in [-0.1, -0.05) is 11.6 Å². The Bertz CT molecular complexity index is 1530. The highest BCUT2D eigenvalue weighted by Crippen LogP contribution is 2.24. The van der Waals surface area contributed by atoms with Crippen molar-refractivity contribution in [2.45, 2.75) is 44.3 Å². The summed E-state index contributed by atoms with van der Waals surface area (Å²) in [5.74, 6) is -0.347. The smallest absolute Gasteiger partial charge is 0.382 e. The molecule has 5 rings (SSSR count). The zero-order valence-corrected chi connectivity index (χ0v) is 20.3. The van der Waals surface area contributed by atoms with Crippen LogP contribution in [-0.4, -0.2) is 63.4 Å². The molecule has 11 nitrogen and oxygen atoms in total. The van der Waals surface area contributed by atoms with E-state index in [1.54, 1.807) is 12.1 Å². The normalized spacial score (nSPS) is 14.4. The number of nitrogens with zero attached hydrogens (tertiary/aromatic N) is 7. The van der Waals surface area contributed by atoms with Gasteiger partial charge in [-0.2, -0.15) is 13.2 Å². The number of carbonyl (C=O) groups is 1. The van der Waals surface area contributed by atoms with Crippen LogP contribution in [0.5, 0.6) is 0 Å². The van der Waals surface area contributed by atoms with E-state index in [0.29, 0.717) is 16.3 Å². The molecular weight excluding hydrogens is 529 g/mol. The van der Waals surface area contributed by atoms with Crippen LogP contribution in [0.1, 0.15) is 29.2 Å². The number of hydrogen-bond acceptors (Lipinski definition) is 7. The van der Waals surface area contributed by atoms with Crippen LogP contribution in [0.25, 0.3) is 17.1 Å². The Hall–Kier alpha value is -4.04. The Balaban J connectivity index is 1.46. The topological polar surface area (TPSA) is 133 Å². The molecule has 38 heavy (non-hydrogen) atoms. The van der Waals surface area contributed by atoms with Crippen molar-refractivity contribution < 1.29 is 23.1 Å². The van der Waals surface area contributed by atoms with Gasteiger partial charge in [-0.15, -0.1) is 10.2 Å². The van der Waals surface area contributed by atoms with Crippen molar-refractivity contribution in [2.75, 3.05) is 0 Å². The number of rotatable bonds is 8. The Morgan fingerprint density at radius 2 is 1.89 bits per heavy atom. The molecule has 0 spiro atoms. The molecule has 198 valence electrons. The Labute approximate surface area is 217 Å². The Morgan fingerprint density at radius 3 is 2.58 bits per heavy atom. The lowest BCUT2D eigenvalue weighted by molar-refractivity contribution is -0.207. The first-order chi connectivity index (χ1) is 18.1. The minimum Gasteiger partial charge on any atom is -0.382 e. The number of hydrogen-bond donors (Lipinski definition) is 2. The first kappa shape index (κ1) is 25.6. The van der Waals surface area contributed by atoms with E-state index >= 15 is 0 Å². The van der Waals surface area contributed by atoms with E-state index in [0.717, 1.165) is 22.1 Å². The fraction of sp³-hybridized carbons (Fsp3) is 0.304. The monoisotopic (exact) mass is 548 g/mol. The van der Waals surface area contributed by atoms with Crippen molar-refractivity contribution in [1.82, 2.24) is 39.4 Å². The van der Waals surface area contributed by atoms with Gasteiger partial charge in [-0.25, -0.2) is 24.1 Å². The number of pyridine rings is 1. The van der Waals surface area contributed by atoms with Gasteiger partial charge < -0.3 is 10.4 Å². The highest BCUT2D eigenvalue weighted by molar-refractivity contribution is 6.30. The SMILES string of the molecule is O=C(NC1CC1)c1ncccc1-n1cnc(Cn2nc(-c3ccc(Cl)cc3)n(CC(O)C(F)(F)F)c2=O)n1. The van der Waals surface area contributed by atoms with Crippen LogP contribution in [0, 0.1) is 0 Å². The highest BCUT2D eigenvalue weighted by atomic mass is 35.5. The van der Waals surface area contributed by atoms with Crippen LogP contribution in [0.15, 0.2) is 53.7 Å². The van der Waals surface area contributed by atoms with E-state index in [4.69, 9.17) is 11.6 Å². The standard InChI is InChI=1S/C23H20ClF3N8O3/c24-14-5-3-13(4-6-14)20-32-34(22(38)33(20)10-17(36)23(25,26)27)11-18-29-12-35(31-18)16-2-1-9-28-19(16)21(37)30-15-7-8-15/h1-6,9,12,15,17,36H,7-8,10-11H2,(H,30,37). The molecule has 15 heteroatoms. The lowest BCUT2D eigenvalue weighted by Crippen LogP contribution is -2.37. The zero-order chi connectivity index (χ0) is 27.0. The molecule has 4 aromatic rings. The van der Waals surface area contributed by atoms with Crippen molar-refractivity contribution in [3.8, 4) is 17.1 Å². The molecule has 0 saturated heterocycles. The summed E-state index contributed by atoms with van der Waals surface area (Å²) < 4.78 is 42.2. The van der Waals surface area contributed by atoms with E-state index in [9.17, 15) is 27.9 Å². The van der Waals surface area contributed by atoms with Gasteiger partial charge in [-0.05, 0) is 49.2 Å². The predicted molar refractivity (Wildman–Crippen MR) is 128 cm³/mol. The number of aliphatic hydroxyl groups is 1. The molecule has 0 aliphatic heterocycles. The summed E-state index contributed by atoms with van der Waals surface area (Å²) in [5.41, 5.74) is -0.0823. The molecule has 1 aliphatic rings. The van der Waals surface area contributed by atoms with Gasteiger partial charge in [0.2, 0.25) is 0 Å². The number of halogens is 4. The molecule has 1 amide bonds. The maximum atomic E-state index is 13.1. The van der Waals surface area contributed by atoms with E-state index < -0.39 is 24.5 Å². The van der Waals surface area contributed by atoms with E-state index in [-0.39, 0.29) is 35.8 Å². The van der Waals surface area contributed by atoms with Gasteiger partial charge in [-0.3, -0.25) is 9.36 Å². The molecular formula is C23H20ClF3N8O3. The van der Waals surface area contributed by atoms with Crippen molar-refractivity contribution in [2.24, 2.45) is 0 Å². The van der Waals surface area contributed by atoms with Crippen LogP contribution in [-0.2, 0) is 13.1 Å². The fourth-order valence-corrected chi connectivity index (χ4v) is 3.78. The van der Waals surface area contributed by atoms with Crippen LogP contribution < -0.4 is 11.0 Å². The molecule has 3 heterocycles. The van der Waals surface area contributed by atoms with E-state index in [1.165, 1.54) is 41.5 Å². The second-order valence-corrected chi connectivity index (χ2v) is 9.10. The van der Waals surface area contributed by atoms with Crippen molar-refractivity contribution >= 4 is 17.5 Å². The number of carbonyl (C=O) groups excluding carboxylic acids is 1. The molecule has 1 unspecified atom stereocenters. The molecule has 2 N–H and O–H groups in total. The largest absolute Gasteiger partial charge is 0.416 e. The molecule has 0 bridgehead atoms. The van der Waals surface area contributed by atoms with Crippen LogP contribution in [0.4, 0.5) is 13.2 Å². The van der Waals surface area contributed by atoms with Crippen LogP contribution >= 0.6 is 11.6 Å². The molecule has 1 atom stereocenters. The molecule has 1 fully saturated rings. The number of alkyl halides is 3. The summed E-state index contributed by atoms with van der Waals surface area (Å²) in [7, 11) is 0. The minimum atomic E-state index is -4.94. The third kappa shape index (κ3) is 5.45. The summed E-state index contributed by atoms with van der Waals surface area (Å²) in [6, 6.07) is 9.37. The van der Waals surface area contributed by atoms with Crippen LogP contribution in [0.3, 0.4) is 0 Å². The highest BCUT2D eigenvalue weighted by Gasteiger charge is 2.39. The summed E-state index contributed by atoms with van der Waals surface area (Å²) in [5, 5.41) is 21.4. The maximum Gasteiger partial charge on any atom is 0.416 e. The number of amides is 1. The van der Waals surface area contributed by atoms with Gasteiger partial charge >= 0.3 is 11.9 Å². The van der Waals surface area contributed by atoms with Crippen LogP contribution in [0.2, 0.25) is 5.02 Å². The Morgan fingerprint density at radius 1 is 1.16 bits per heavy atom. The van der Waals surface area contributed by atoms with Gasteiger partial charge in [0, 0.05) is 22.8 Å². The molecule has 1 aliphatic carbocycles. The number of benzene rings is 1. The Kier molecular flexibility index (Phi) is 6.75. The summed E-state index contributed by atoms with van der Waals surface area (Å²) >= 11 is 5.91. The minimum absolute atomic E-state index is 0.0966. The van der Waals surface area contributed by atoms with Gasteiger partial charge in [0.1, 0.15) is 12.9 Å². The predicted octanol–water partition coefficient (Wildman–Crippen LogP) is 2.20. The average Bonchev–Trinajstić information content (AvgIpc) is 3.49. The summed E-state index contributed by atoms with van der Waals surface area (Å²) in [4.78, 5) is 34.0. The summed E-state index contributed by atoms with van der Waals surface area (Å²) in [6.45, 7) is -1.34. The number of aromatic nitrogens is 7. The lowest BCUT2D eigenvalue weighted by Gasteiger charge is -2.15. The molecule has 0 radical (unpaired) electrons. The number of aliphatic hydroxyl groups excluding tert-OH is 1. The van der Waals surface area contributed by atoms with E-state index in [2.05, 4.69) is 25.5 Å². The average molecular weight is 549 g/mol. The maximum absolute atomic E-state index is 13.1. The van der Waals surface area contributed by atoms with E-state index in [1.807, 2.05) is 0 Å². The van der Waals surface area contributed by atoms with Crippen molar-refractivity contribution in [3.05, 3.63) is 75.9 Å². The fourth-order valence-electron chi connectivity index (χ4n) is 3.66. The van der Waals surface area contributed by atoms with Gasteiger partial charge in [0.25, 0.3) is 5.91 Å². The van der Waals surface area contributed by atoms with Crippen molar-refractivity contribution in [3.63, 3.8) is 0 Å². The van der Waals surface area contributed by atoms with Crippen molar-refractivity contribution in [1.29, 1.82) is 0 Å². The third-order valence-electron chi connectivity index (χ3n) is 5.75. The quantitative estimate of drug-likeness (QED) is 0.345. The first-order valence-corrected chi connectivity index (χ1v) is 11.8. The second kappa shape index (κ2) is 10.0.